The molecule has 1 fully saturated rings. The predicted octanol–water partition coefficient (Wildman–Crippen LogP) is 2.76. The van der Waals surface area contributed by atoms with E-state index in [4.69, 9.17) is 10.5 Å². The van der Waals surface area contributed by atoms with Crippen LogP contribution in [-0.4, -0.2) is 35.9 Å². The number of amides is 2. The first kappa shape index (κ1) is 19.6. The van der Waals surface area contributed by atoms with Crippen molar-refractivity contribution in [3.63, 3.8) is 0 Å². The highest BCUT2D eigenvalue weighted by atomic mass is 127. The van der Waals surface area contributed by atoms with Gasteiger partial charge < -0.3 is 15.8 Å². The Bertz CT molecular complexity index is 810. The highest BCUT2D eigenvalue weighted by Crippen LogP contribution is 2.21. The van der Waals surface area contributed by atoms with Crippen molar-refractivity contribution in [2.75, 3.05) is 18.5 Å². The third kappa shape index (κ3) is 5.67. The van der Waals surface area contributed by atoms with Gasteiger partial charge in [-0.2, -0.15) is 0 Å². The lowest BCUT2D eigenvalue weighted by molar-refractivity contribution is -0.122. The van der Waals surface area contributed by atoms with Gasteiger partial charge in [0.05, 0.1) is 6.04 Å². The molecule has 1 aliphatic heterocycles. The predicted molar refractivity (Wildman–Crippen MR) is 112 cm³/mol. The van der Waals surface area contributed by atoms with Crippen LogP contribution in [-0.2, 0) is 16.1 Å². The largest absolute Gasteiger partial charge is 0.484 e. The normalized spacial score (nSPS) is 16.9. The van der Waals surface area contributed by atoms with E-state index in [1.54, 1.807) is 0 Å². The van der Waals surface area contributed by atoms with Crippen LogP contribution in [0.5, 0.6) is 5.75 Å². The Hall–Kier alpha value is -2.13. The Morgan fingerprint density at radius 2 is 2.00 bits per heavy atom. The minimum atomic E-state index is -0.273. The SMILES string of the molecule is NC(=O)C1CCCN1Cc1cccc(NC(=O)COc2ccc(I)cc2)c1. The fraction of sp³-hybridized carbons (Fsp3) is 0.300. The Morgan fingerprint density at radius 3 is 2.74 bits per heavy atom. The molecule has 0 saturated carbocycles. The van der Waals surface area contributed by atoms with Gasteiger partial charge in [0.1, 0.15) is 5.75 Å². The van der Waals surface area contributed by atoms with E-state index >= 15 is 0 Å². The first-order chi connectivity index (χ1) is 13.0. The zero-order valence-corrected chi connectivity index (χ0v) is 17.0. The van der Waals surface area contributed by atoms with Crippen molar-refractivity contribution in [1.29, 1.82) is 0 Å². The number of hydrogen-bond donors (Lipinski definition) is 2. The van der Waals surface area contributed by atoms with Gasteiger partial charge in [0.2, 0.25) is 5.91 Å². The van der Waals surface area contributed by atoms with E-state index in [-0.39, 0.29) is 24.5 Å². The van der Waals surface area contributed by atoms with Crippen molar-refractivity contribution in [1.82, 2.24) is 4.90 Å². The number of primary amides is 1. The summed E-state index contributed by atoms with van der Waals surface area (Å²) in [6.07, 6.45) is 1.78. The molecule has 2 aromatic carbocycles. The zero-order chi connectivity index (χ0) is 19.2. The van der Waals surface area contributed by atoms with Crippen molar-refractivity contribution in [3.05, 3.63) is 57.7 Å². The fourth-order valence-electron chi connectivity index (χ4n) is 3.20. The number of ether oxygens (including phenoxy) is 1. The maximum absolute atomic E-state index is 12.1. The quantitative estimate of drug-likeness (QED) is 0.599. The van der Waals surface area contributed by atoms with Crippen LogP contribution in [0.4, 0.5) is 5.69 Å². The van der Waals surface area contributed by atoms with E-state index in [1.165, 1.54) is 0 Å². The van der Waals surface area contributed by atoms with E-state index < -0.39 is 0 Å². The van der Waals surface area contributed by atoms with Gasteiger partial charge >= 0.3 is 0 Å². The summed E-state index contributed by atoms with van der Waals surface area (Å²) >= 11 is 2.21. The lowest BCUT2D eigenvalue weighted by Gasteiger charge is -2.22. The number of anilines is 1. The topological polar surface area (TPSA) is 84.7 Å². The molecule has 142 valence electrons. The molecule has 1 atom stereocenters. The van der Waals surface area contributed by atoms with Crippen molar-refractivity contribution >= 4 is 40.1 Å². The summed E-state index contributed by atoms with van der Waals surface area (Å²) in [6, 6.07) is 14.9. The highest BCUT2D eigenvalue weighted by molar-refractivity contribution is 14.1. The molecule has 2 amide bonds. The number of benzene rings is 2. The molecule has 2 aromatic rings. The van der Waals surface area contributed by atoms with Gasteiger partial charge in [-0.05, 0) is 83.9 Å². The number of nitrogens with zero attached hydrogens (tertiary/aromatic N) is 1. The van der Waals surface area contributed by atoms with Crippen molar-refractivity contribution in [2.24, 2.45) is 5.73 Å². The molecule has 0 spiro atoms. The highest BCUT2D eigenvalue weighted by Gasteiger charge is 2.28. The number of likely N-dealkylation sites (tertiary alicyclic amines) is 1. The van der Waals surface area contributed by atoms with E-state index in [9.17, 15) is 9.59 Å². The molecule has 6 nitrogen and oxygen atoms in total. The average Bonchev–Trinajstić information content (AvgIpc) is 3.10. The Morgan fingerprint density at radius 1 is 1.22 bits per heavy atom. The van der Waals surface area contributed by atoms with Crippen LogP contribution in [0.3, 0.4) is 0 Å². The lowest BCUT2D eigenvalue weighted by atomic mass is 10.1. The van der Waals surface area contributed by atoms with Gasteiger partial charge in [0, 0.05) is 15.8 Å². The summed E-state index contributed by atoms with van der Waals surface area (Å²) in [4.78, 5) is 25.8. The van der Waals surface area contributed by atoms with Crippen LogP contribution in [0.15, 0.2) is 48.5 Å². The molecule has 1 heterocycles. The van der Waals surface area contributed by atoms with Gasteiger partial charge in [-0.15, -0.1) is 0 Å². The monoisotopic (exact) mass is 479 g/mol. The second kappa shape index (κ2) is 9.18. The van der Waals surface area contributed by atoms with Crippen LogP contribution in [0.2, 0.25) is 0 Å². The molecule has 27 heavy (non-hydrogen) atoms. The van der Waals surface area contributed by atoms with Crippen molar-refractivity contribution < 1.29 is 14.3 Å². The second-order valence-electron chi connectivity index (χ2n) is 6.52. The third-order valence-corrected chi connectivity index (χ3v) is 5.19. The maximum atomic E-state index is 12.1. The van der Waals surface area contributed by atoms with Gasteiger partial charge in [-0.3, -0.25) is 14.5 Å². The minimum Gasteiger partial charge on any atom is -0.484 e. The number of hydrogen-bond acceptors (Lipinski definition) is 4. The third-order valence-electron chi connectivity index (χ3n) is 4.47. The number of carbonyl (C=O) groups is 2. The van der Waals surface area contributed by atoms with Crippen molar-refractivity contribution in [2.45, 2.75) is 25.4 Å². The smallest absolute Gasteiger partial charge is 0.262 e. The number of halogens is 1. The summed E-state index contributed by atoms with van der Waals surface area (Å²) in [7, 11) is 0. The van der Waals surface area contributed by atoms with Crippen LogP contribution in [0.1, 0.15) is 18.4 Å². The summed E-state index contributed by atoms with van der Waals surface area (Å²) in [5.74, 6) is 0.164. The second-order valence-corrected chi connectivity index (χ2v) is 7.77. The summed E-state index contributed by atoms with van der Waals surface area (Å²) in [5.41, 5.74) is 7.21. The zero-order valence-electron chi connectivity index (χ0n) is 14.9. The molecule has 0 radical (unpaired) electrons. The molecule has 1 aliphatic rings. The standard InChI is InChI=1S/C20H22IN3O3/c21-15-6-8-17(9-7-15)27-13-19(25)23-16-4-1-3-14(11-16)12-24-10-2-5-18(24)20(22)26/h1,3-4,6-9,11,18H,2,5,10,12-13H2,(H2,22,26)(H,23,25). The first-order valence-corrected chi connectivity index (χ1v) is 9.89. The summed E-state index contributed by atoms with van der Waals surface area (Å²) in [6.45, 7) is 1.44. The summed E-state index contributed by atoms with van der Waals surface area (Å²) < 4.78 is 6.61. The molecule has 3 N–H and O–H groups in total. The molecule has 1 unspecified atom stereocenters. The van der Waals surface area contributed by atoms with Crippen LogP contribution in [0.25, 0.3) is 0 Å². The summed E-state index contributed by atoms with van der Waals surface area (Å²) in [5, 5.41) is 2.85. The fourth-order valence-corrected chi connectivity index (χ4v) is 3.56. The Labute approximate surface area is 172 Å². The molecular formula is C20H22IN3O3. The van der Waals surface area contributed by atoms with E-state index in [0.717, 1.165) is 28.5 Å². The molecule has 0 bridgehead atoms. The van der Waals surface area contributed by atoms with Gasteiger partial charge in [-0.1, -0.05) is 12.1 Å². The van der Waals surface area contributed by atoms with Crippen LogP contribution >= 0.6 is 22.6 Å². The number of carbonyl (C=O) groups excluding carboxylic acids is 2. The average molecular weight is 479 g/mol. The van der Waals surface area contributed by atoms with Crippen LogP contribution in [0, 0.1) is 3.57 Å². The van der Waals surface area contributed by atoms with E-state index in [2.05, 4.69) is 32.8 Å². The van der Waals surface area contributed by atoms with E-state index in [0.29, 0.717) is 18.0 Å². The van der Waals surface area contributed by atoms with Gasteiger partial charge in [-0.25, -0.2) is 0 Å². The minimum absolute atomic E-state index is 0.0549. The van der Waals surface area contributed by atoms with Crippen LogP contribution < -0.4 is 15.8 Å². The molecule has 0 aliphatic carbocycles. The van der Waals surface area contributed by atoms with Gasteiger partial charge in [0.25, 0.3) is 5.91 Å². The first-order valence-electron chi connectivity index (χ1n) is 8.82. The molecule has 7 heteroatoms. The number of rotatable bonds is 7. The number of nitrogens with one attached hydrogen (secondary N) is 1. The lowest BCUT2D eigenvalue weighted by Crippen LogP contribution is -2.39. The molecular weight excluding hydrogens is 457 g/mol. The molecule has 3 rings (SSSR count). The Kier molecular flexibility index (Phi) is 6.68. The maximum Gasteiger partial charge on any atom is 0.262 e. The van der Waals surface area contributed by atoms with E-state index in [1.807, 2.05) is 48.5 Å². The van der Waals surface area contributed by atoms with Gasteiger partial charge in [0.15, 0.2) is 6.61 Å². The molecule has 0 aromatic heterocycles. The van der Waals surface area contributed by atoms with Crippen molar-refractivity contribution in [3.8, 4) is 5.75 Å². The molecule has 1 saturated heterocycles. The number of nitrogens with two attached hydrogens (primary N) is 1. The Balaban J connectivity index is 1.54.